The summed E-state index contributed by atoms with van der Waals surface area (Å²) in [4.78, 5) is 77.0. The maximum Gasteiger partial charge on any atom is 0.262 e. The number of hydrogen-bond donors (Lipinski definition) is 1. The van der Waals surface area contributed by atoms with Gasteiger partial charge < -0.3 is 19.6 Å². The molecule has 13 nitrogen and oxygen atoms in total. The second-order valence-corrected chi connectivity index (χ2v) is 16.9. The molecule has 5 saturated heterocycles. The molecular weight excluding hydrogens is 744 g/mol. The van der Waals surface area contributed by atoms with Gasteiger partial charge in [0.1, 0.15) is 12.1 Å². The normalized spacial score (nSPS) is 25.2. The molecule has 5 fully saturated rings. The van der Waals surface area contributed by atoms with Gasteiger partial charge in [0, 0.05) is 106 Å². The number of anilines is 3. The SMILES string of the molecule is N#Cc1ccc(N2CCC3(CCN(C(=O)c4cccc(N5CCN(C[C@H]6CCN(c7ccc8c(c7)C(=O)N(C7CCC(=O)NC7=O)C8=O)C6)CC5)c4)C3)C2)cc1Cl. The summed E-state index contributed by atoms with van der Waals surface area (Å²) >= 11 is 6.33. The molecule has 6 aliphatic heterocycles. The van der Waals surface area contributed by atoms with E-state index in [1.807, 2.05) is 35.2 Å². The minimum absolute atomic E-state index is 0.0578. The minimum atomic E-state index is -0.974. The smallest absolute Gasteiger partial charge is 0.262 e. The van der Waals surface area contributed by atoms with Crippen LogP contribution in [0.5, 0.6) is 0 Å². The summed E-state index contributed by atoms with van der Waals surface area (Å²) < 4.78 is 0. The van der Waals surface area contributed by atoms with Gasteiger partial charge >= 0.3 is 0 Å². The Morgan fingerprint density at radius 1 is 0.789 bits per heavy atom. The average Bonchev–Trinajstić information content (AvgIpc) is 4.02. The van der Waals surface area contributed by atoms with E-state index in [0.717, 1.165) is 119 Å². The number of fused-ring (bicyclic) bond motifs is 1. The van der Waals surface area contributed by atoms with Crippen LogP contribution in [-0.4, -0.2) is 122 Å². The predicted octanol–water partition coefficient (Wildman–Crippen LogP) is 4.00. The Bertz CT molecular complexity index is 2220. The van der Waals surface area contributed by atoms with Crippen LogP contribution in [0.3, 0.4) is 0 Å². The van der Waals surface area contributed by atoms with Crippen molar-refractivity contribution in [3.63, 3.8) is 0 Å². The van der Waals surface area contributed by atoms with E-state index in [1.165, 1.54) is 0 Å². The first kappa shape index (κ1) is 37.1. The second-order valence-electron chi connectivity index (χ2n) is 16.5. The van der Waals surface area contributed by atoms with E-state index in [9.17, 15) is 29.2 Å². The monoisotopic (exact) mass is 788 g/mol. The molecule has 2 unspecified atom stereocenters. The zero-order valence-electron chi connectivity index (χ0n) is 31.8. The molecule has 0 aliphatic carbocycles. The first-order valence-electron chi connectivity index (χ1n) is 20.0. The van der Waals surface area contributed by atoms with Gasteiger partial charge in [0.25, 0.3) is 17.7 Å². The molecule has 14 heteroatoms. The lowest BCUT2D eigenvalue weighted by Gasteiger charge is -2.37. The topological polar surface area (TPSA) is 141 Å². The van der Waals surface area contributed by atoms with Crippen LogP contribution in [0.1, 0.15) is 68.7 Å². The largest absolute Gasteiger partial charge is 0.371 e. The van der Waals surface area contributed by atoms with Crippen LogP contribution in [-0.2, 0) is 9.59 Å². The molecule has 5 amide bonds. The van der Waals surface area contributed by atoms with Crippen molar-refractivity contribution in [1.29, 1.82) is 5.26 Å². The van der Waals surface area contributed by atoms with E-state index in [4.69, 9.17) is 11.6 Å². The van der Waals surface area contributed by atoms with E-state index in [-0.39, 0.29) is 24.2 Å². The minimum Gasteiger partial charge on any atom is -0.371 e. The first-order chi connectivity index (χ1) is 27.6. The van der Waals surface area contributed by atoms with E-state index in [2.05, 4.69) is 43.1 Å². The highest BCUT2D eigenvalue weighted by molar-refractivity contribution is 6.32. The number of nitriles is 1. The van der Waals surface area contributed by atoms with Gasteiger partial charge in [0.05, 0.1) is 21.7 Å². The molecule has 3 aromatic rings. The van der Waals surface area contributed by atoms with E-state index < -0.39 is 29.7 Å². The van der Waals surface area contributed by atoms with Crippen molar-refractivity contribution < 1.29 is 24.0 Å². The number of carbonyl (C=O) groups excluding carboxylic acids is 5. The number of piperazine rings is 1. The van der Waals surface area contributed by atoms with Gasteiger partial charge in [-0.15, -0.1) is 0 Å². The molecule has 6 aliphatic rings. The quantitative estimate of drug-likeness (QED) is 0.350. The first-order valence-corrected chi connectivity index (χ1v) is 20.4. The Hall–Kier alpha value is -5.45. The summed E-state index contributed by atoms with van der Waals surface area (Å²) in [5.74, 6) is -1.42. The van der Waals surface area contributed by atoms with Crippen molar-refractivity contribution in [3.8, 4) is 6.07 Å². The summed E-state index contributed by atoms with van der Waals surface area (Å²) in [6.07, 6.45) is 3.24. The molecular formula is C43H45ClN8O5. The number of benzene rings is 3. The number of imide groups is 2. The van der Waals surface area contributed by atoms with Crippen molar-refractivity contribution in [2.24, 2.45) is 11.3 Å². The van der Waals surface area contributed by atoms with Gasteiger partial charge in [0.2, 0.25) is 11.8 Å². The molecule has 3 atom stereocenters. The maximum absolute atomic E-state index is 13.8. The zero-order chi connectivity index (χ0) is 39.4. The van der Waals surface area contributed by atoms with Crippen LogP contribution < -0.4 is 20.0 Å². The number of amides is 5. The third-order valence-corrected chi connectivity index (χ3v) is 13.3. The zero-order valence-corrected chi connectivity index (χ0v) is 32.5. The van der Waals surface area contributed by atoms with E-state index in [1.54, 1.807) is 18.2 Å². The van der Waals surface area contributed by atoms with Crippen molar-refractivity contribution in [3.05, 3.63) is 87.9 Å². The lowest BCUT2D eigenvalue weighted by molar-refractivity contribution is -0.136. The Kier molecular flexibility index (Phi) is 9.65. The number of hydrogen-bond acceptors (Lipinski definition) is 10. The molecule has 0 aromatic heterocycles. The molecule has 0 saturated carbocycles. The van der Waals surface area contributed by atoms with Crippen LogP contribution in [0.2, 0.25) is 5.02 Å². The maximum atomic E-state index is 13.8. The number of nitrogens with one attached hydrogen (secondary N) is 1. The molecule has 1 spiro atoms. The van der Waals surface area contributed by atoms with E-state index in [0.29, 0.717) is 27.6 Å². The van der Waals surface area contributed by atoms with Gasteiger partial charge in [-0.25, -0.2) is 0 Å². The van der Waals surface area contributed by atoms with Crippen LogP contribution in [0.25, 0.3) is 0 Å². The molecule has 0 radical (unpaired) electrons. The Morgan fingerprint density at radius 2 is 1.54 bits per heavy atom. The molecule has 9 rings (SSSR count). The van der Waals surface area contributed by atoms with Gasteiger partial charge in [-0.3, -0.25) is 39.1 Å². The van der Waals surface area contributed by atoms with Gasteiger partial charge in [-0.1, -0.05) is 17.7 Å². The van der Waals surface area contributed by atoms with Gasteiger partial charge in [-0.2, -0.15) is 5.26 Å². The molecule has 294 valence electrons. The third-order valence-electron chi connectivity index (χ3n) is 13.0. The van der Waals surface area contributed by atoms with Gasteiger partial charge in [-0.05, 0) is 86.2 Å². The fraction of sp³-hybridized carbons (Fsp3) is 0.442. The number of piperidine rings is 1. The fourth-order valence-electron chi connectivity index (χ4n) is 9.83. The third kappa shape index (κ3) is 6.99. The predicted molar refractivity (Wildman–Crippen MR) is 214 cm³/mol. The highest BCUT2D eigenvalue weighted by atomic mass is 35.5. The fourth-order valence-corrected chi connectivity index (χ4v) is 10.0. The second kappa shape index (κ2) is 14.8. The summed E-state index contributed by atoms with van der Waals surface area (Å²) in [6, 6.07) is 20.2. The molecule has 57 heavy (non-hydrogen) atoms. The number of nitrogens with zero attached hydrogens (tertiary/aromatic N) is 7. The Balaban J connectivity index is 0.761. The number of likely N-dealkylation sites (tertiary alicyclic amines) is 1. The molecule has 1 N–H and O–H groups in total. The van der Waals surface area contributed by atoms with Crippen LogP contribution in [0, 0.1) is 22.7 Å². The Morgan fingerprint density at radius 3 is 2.33 bits per heavy atom. The number of halogens is 1. The highest BCUT2D eigenvalue weighted by Gasteiger charge is 2.46. The van der Waals surface area contributed by atoms with Crippen molar-refractivity contribution in [2.75, 3.05) is 86.7 Å². The summed E-state index contributed by atoms with van der Waals surface area (Å²) in [6.45, 7) is 9.53. The molecule has 0 bridgehead atoms. The standard InChI is InChI=1S/C43H45ClN8O5/c44-36-22-33(5-4-30(36)23-45)50-14-11-43(26-50)12-15-51(27-43)40(55)29-2-1-3-31(20-29)48-18-16-47(17-19-48)24-28-10-13-49(25-28)32-6-7-34-35(21-32)42(57)52(41(34)56)37-8-9-38(53)46-39(37)54/h1-7,20-22,28,37H,8-19,24-27H2,(H,46,53,54)/t28-,37?,43?/m1/s1. The summed E-state index contributed by atoms with van der Waals surface area (Å²) in [7, 11) is 0. The molecule has 3 aromatic carbocycles. The lowest BCUT2D eigenvalue weighted by atomic mass is 9.86. The average molecular weight is 789 g/mol. The Labute approximate surface area is 336 Å². The number of carbonyl (C=O) groups is 5. The van der Waals surface area contributed by atoms with Crippen molar-refractivity contribution in [2.45, 2.75) is 38.1 Å². The summed E-state index contributed by atoms with van der Waals surface area (Å²) in [5.41, 5.74) is 4.86. The lowest BCUT2D eigenvalue weighted by Crippen LogP contribution is -2.54. The van der Waals surface area contributed by atoms with E-state index >= 15 is 0 Å². The van der Waals surface area contributed by atoms with Crippen molar-refractivity contribution in [1.82, 2.24) is 20.0 Å². The van der Waals surface area contributed by atoms with Crippen molar-refractivity contribution >= 4 is 58.2 Å². The highest BCUT2D eigenvalue weighted by Crippen LogP contribution is 2.42. The van der Waals surface area contributed by atoms with Crippen LogP contribution >= 0.6 is 11.6 Å². The van der Waals surface area contributed by atoms with Gasteiger partial charge in [0.15, 0.2) is 0 Å². The number of rotatable bonds is 7. The van der Waals surface area contributed by atoms with Crippen LogP contribution in [0.4, 0.5) is 17.1 Å². The van der Waals surface area contributed by atoms with Crippen LogP contribution in [0.15, 0.2) is 60.7 Å². The molecule has 6 heterocycles. The summed E-state index contributed by atoms with van der Waals surface area (Å²) in [5, 5.41) is 12.0.